The molecule has 1 atom stereocenters. The van der Waals surface area contributed by atoms with Gasteiger partial charge in [-0.3, -0.25) is 0 Å². The Morgan fingerprint density at radius 2 is 1.88 bits per heavy atom. The molecule has 5 heteroatoms. The third-order valence-electron chi connectivity index (χ3n) is 4.36. The number of rotatable bonds is 3. The van der Waals surface area contributed by atoms with E-state index in [-0.39, 0.29) is 5.97 Å². The molecule has 0 fully saturated rings. The van der Waals surface area contributed by atoms with Crippen LogP contribution in [0.3, 0.4) is 0 Å². The normalized spacial score (nSPS) is 20.1. The lowest BCUT2D eigenvalue weighted by molar-refractivity contribution is -0.138. The first kappa shape index (κ1) is 14.5. The molecule has 120 valence electrons. The van der Waals surface area contributed by atoms with Crippen molar-refractivity contribution in [3.05, 3.63) is 65.9 Å². The number of nitrogens with zero attached hydrogens (tertiary/aromatic N) is 1. The van der Waals surface area contributed by atoms with E-state index in [9.17, 15) is 4.79 Å². The number of H-pyrrole nitrogens is 1. The second kappa shape index (κ2) is 5.23. The van der Waals surface area contributed by atoms with Crippen LogP contribution in [-0.4, -0.2) is 24.0 Å². The molecule has 3 aromatic rings. The Hall–Kier alpha value is -3.08. The molecule has 2 aromatic carbocycles. The van der Waals surface area contributed by atoms with Gasteiger partial charge < -0.3 is 14.5 Å². The summed E-state index contributed by atoms with van der Waals surface area (Å²) in [6.07, 6.45) is 1.83. The minimum absolute atomic E-state index is 0.329. The van der Waals surface area contributed by atoms with E-state index in [0.29, 0.717) is 5.90 Å². The molecule has 0 saturated carbocycles. The first-order valence-electron chi connectivity index (χ1n) is 7.65. The highest BCUT2D eigenvalue weighted by atomic mass is 16.6. The maximum absolute atomic E-state index is 12.6. The summed E-state index contributed by atoms with van der Waals surface area (Å²) in [6, 6.07) is 15.1. The van der Waals surface area contributed by atoms with E-state index in [1.807, 2.05) is 54.7 Å². The van der Waals surface area contributed by atoms with Gasteiger partial charge in [0.15, 0.2) is 5.54 Å². The molecule has 1 aliphatic heterocycles. The summed E-state index contributed by atoms with van der Waals surface area (Å²) in [5.41, 5.74) is 1.46. The molecule has 0 spiro atoms. The van der Waals surface area contributed by atoms with Gasteiger partial charge in [-0.05, 0) is 37.3 Å². The number of aromatic amines is 1. The lowest BCUT2D eigenvalue weighted by atomic mass is 9.93. The van der Waals surface area contributed by atoms with Crippen molar-refractivity contribution in [2.45, 2.75) is 12.5 Å². The fraction of sp³-hybridized carbons (Fsp3) is 0.158. The Kier molecular flexibility index (Phi) is 3.16. The van der Waals surface area contributed by atoms with Crippen LogP contribution in [0.1, 0.15) is 18.1 Å². The number of nitrogens with one attached hydrogen (secondary N) is 1. The first-order chi connectivity index (χ1) is 11.6. The van der Waals surface area contributed by atoms with Crippen molar-refractivity contribution in [1.82, 2.24) is 4.98 Å². The topological polar surface area (TPSA) is 63.7 Å². The number of ether oxygens (including phenoxy) is 2. The Bertz CT molecular complexity index is 956. The number of carbonyl (C=O) groups excluding carboxylic acids is 1. The van der Waals surface area contributed by atoms with Gasteiger partial charge in [-0.25, -0.2) is 9.79 Å². The van der Waals surface area contributed by atoms with Crippen LogP contribution in [0, 0.1) is 0 Å². The SMILES string of the molecule is COc1ccc(C2=NC(C)(c3c[nH]c4ccccc34)C(=O)O2)cc1. The van der Waals surface area contributed by atoms with Gasteiger partial charge in [0.05, 0.1) is 7.11 Å². The van der Waals surface area contributed by atoms with Crippen LogP contribution in [-0.2, 0) is 15.1 Å². The lowest BCUT2D eigenvalue weighted by Gasteiger charge is -2.15. The summed E-state index contributed by atoms with van der Waals surface area (Å²) in [5.74, 6) is 0.691. The fourth-order valence-corrected chi connectivity index (χ4v) is 2.96. The molecule has 0 saturated heterocycles. The highest BCUT2D eigenvalue weighted by molar-refractivity contribution is 6.09. The Labute approximate surface area is 138 Å². The van der Waals surface area contributed by atoms with Crippen molar-refractivity contribution in [3.8, 4) is 5.75 Å². The smallest absolute Gasteiger partial charge is 0.345 e. The standard InChI is InChI=1S/C19H16N2O3/c1-19(15-11-20-16-6-4-3-5-14(15)16)18(22)24-17(21-19)12-7-9-13(23-2)10-8-12/h3-11,20H,1-2H3. The van der Waals surface area contributed by atoms with Crippen LogP contribution >= 0.6 is 0 Å². The molecule has 0 amide bonds. The molecule has 4 rings (SSSR count). The quantitative estimate of drug-likeness (QED) is 0.752. The number of carbonyl (C=O) groups is 1. The van der Waals surface area contributed by atoms with Gasteiger partial charge in [0.25, 0.3) is 0 Å². The van der Waals surface area contributed by atoms with Gasteiger partial charge in [-0.1, -0.05) is 18.2 Å². The summed E-state index contributed by atoms with van der Waals surface area (Å²) in [7, 11) is 1.61. The second-order valence-corrected chi connectivity index (χ2v) is 5.86. The zero-order valence-corrected chi connectivity index (χ0v) is 13.4. The minimum Gasteiger partial charge on any atom is -0.497 e. The van der Waals surface area contributed by atoms with Gasteiger partial charge in [0.2, 0.25) is 5.90 Å². The molecule has 1 N–H and O–H groups in total. The zero-order valence-electron chi connectivity index (χ0n) is 13.4. The molecule has 1 unspecified atom stereocenters. The number of benzene rings is 2. The molecule has 1 aliphatic rings. The van der Waals surface area contributed by atoms with Crippen molar-refractivity contribution >= 4 is 22.8 Å². The molecular formula is C19H16N2O3. The van der Waals surface area contributed by atoms with E-state index >= 15 is 0 Å². The number of aliphatic imine (C=N–C) groups is 1. The molecule has 5 nitrogen and oxygen atoms in total. The van der Waals surface area contributed by atoms with E-state index in [4.69, 9.17) is 9.47 Å². The molecule has 1 aromatic heterocycles. The molecule has 0 aliphatic carbocycles. The highest BCUT2D eigenvalue weighted by Crippen LogP contribution is 2.37. The van der Waals surface area contributed by atoms with Crippen molar-refractivity contribution in [1.29, 1.82) is 0 Å². The van der Waals surface area contributed by atoms with Gasteiger partial charge in [-0.15, -0.1) is 0 Å². The van der Waals surface area contributed by atoms with Gasteiger partial charge in [0.1, 0.15) is 5.75 Å². The molecule has 2 heterocycles. The summed E-state index contributed by atoms with van der Waals surface area (Å²) < 4.78 is 10.6. The average molecular weight is 320 g/mol. The number of para-hydroxylation sites is 1. The van der Waals surface area contributed by atoms with Gasteiger partial charge in [0, 0.05) is 28.2 Å². The molecule has 24 heavy (non-hydrogen) atoms. The monoisotopic (exact) mass is 320 g/mol. The van der Waals surface area contributed by atoms with Crippen LogP contribution in [0.4, 0.5) is 0 Å². The van der Waals surface area contributed by atoms with Crippen molar-refractivity contribution in [3.63, 3.8) is 0 Å². The van der Waals surface area contributed by atoms with Crippen LogP contribution in [0.25, 0.3) is 10.9 Å². The highest BCUT2D eigenvalue weighted by Gasteiger charge is 2.45. The fourth-order valence-electron chi connectivity index (χ4n) is 2.96. The lowest BCUT2D eigenvalue weighted by Crippen LogP contribution is -2.26. The predicted molar refractivity (Wildman–Crippen MR) is 91.3 cm³/mol. The maximum Gasteiger partial charge on any atom is 0.345 e. The van der Waals surface area contributed by atoms with Crippen LogP contribution in [0.5, 0.6) is 5.75 Å². The first-order valence-corrected chi connectivity index (χ1v) is 7.65. The van der Waals surface area contributed by atoms with Gasteiger partial charge >= 0.3 is 5.97 Å². The molecule has 0 bridgehead atoms. The molecule has 0 radical (unpaired) electrons. The number of aromatic nitrogens is 1. The van der Waals surface area contributed by atoms with Crippen LogP contribution in [0.15, 0.2) is 59.7 Å². The summed E-state index contributed by atoms with van der Waals surface area (Å²) in [6.45, 7) is 1.78. The van der Waals surface area contributed by atoms with Gasteiger partial charge in [-0.2, -0.15) is 0 Å². The van der Waals surface area contributed by atoms with E-state index in [2.05, 4.69) is 9.98 Å². The number of esters is 1. The summed E-state index contributed by atoms with van der Waals surface area (Å²) in [4.78, 5) is 20.4. The van der Waals surface area contributed by atoms with E-state index in [1.54, 1.807) is 14.0 Å². The number of cyclic esters (lactones) is 1. The van der Waals surface area contributed by atoms with E-state index in [1.165, 1.54) is 0 Å². The number of hydrogen-bond donors (Lipinski definition) is 1. The van der Waals surface area contributed by atoms with Crippen molar-refractivity contribution < 1.29 is 14.3 Å². The third kappa shape index (κ3) is 2.09. The maximum atomic E-state index is 12.6. The number of hydrogen-bond acceptors (Lipinski definition) is 4. The number of fused-ring (bicyclic) bond motifs is 1. The largest absolute Gasteiger partial charge is 0.497 e. The van der Waals surface area contributed by atoms with E-state index < -0.39 is 5.54 Å². The predicted octanol–water partition coefficient (Wildman–Crippen LogP) is 3.40. The number of methoxy groups -OCH3 is 1. The van der Waals surface area contributed by atoms with Crippen molar-refractivity contribution in [2.24, 2.45) is 4.99 Å². The van der Waals surface area contributed by atoms with Crippen molar-refractivity contribution in [2.75, 3.05) is 7.11 Å². The third-order valence-corrected chi connectivity index (χ3v) is 4.36. The van der Waals surface area contributed by atoms with Crippen LogP contribution < -0.4 is 4.74 Å². The summed E-state index contributed by atoms with van der Waals surface area (Å²) >= 11 is 0. The Morgan fingerprint density at radius 1 is 1.12 bits per heavy atom. The minimum atomic E-state index is -1.06. The average Bonchev–Trinajstić information content (AvgIpc) is 3.17. The second-order valence-electron chi connectivity index (χ2n) is 5.86. The zero-order chi connectivity index (χ0) is 16.7. The Morgan fingerprint density at radius 3 is 2.62 bits per heavy atom. The Balaban J connectivity index is 1.79. The summed E-state index contributed by atoms with van der Waals surface area (Å²) in [5, 5.41) is 0.969. The van der Waals surface area contributed by atoms with Crippen LogP contribution in [0.2, 0.25) is 0 Å². The van der Waals surface area contributed by atoms with E-state index in [0.717, 1.165) is 27.8 Å². The molecular weight excluding hydrogens is 304 g/mol.